The molecular weight excluding hydrogens is 396 g/mol. The van der Waals surface area contributed by atoms with Crippen LogP contribution in [0.25, 0.3) is 10.9 Å². The van der Waals surface area contributed by atoms with E-state index in [-0.39, 0.29) is 22.9 Å². The third kappa shape index (κ3) is 3.63. The number of ether oxygens (including phenoxy) is 1. The Hall–Kier alpha value is -3.74. The summed E-state index contributed by atoms with van der Waals surface area (Å²) in [5, 5.41) is 21.6. The van der Waals surface area contributed by atoms with E-state index in [0.29, 0.717) is 25.1 Å². The first-order valence-corrected chi connectivity index (χ1v) is 10.2. The standard InChI is InChI=1S/C24H24N2O5/c1-3-31-20-12-15(8-9-19(20)28)22-21(14(2)27)23(29)24(30)26(22)11-10-16-13-25-18-7-5-4-6-17(16)18/h4-9,12-13,22,25,28-29H,3,10-11H2,1-2H3/t22-/m0/s1. The Kier molecular flexibility index (Phi) is 5.42. The topological polar surface area (TPSA) is 103 Å². The van der Waals surface area contributed by atoms with Crippen molar-refractivity contribution in [3.05, 3.63) is 71.1 Å². The Balaban J connectivity index is 1.69. The Morgan fingerprint density at radius 1 is 1.19 bits per heavy atom. The summed E-state index contributed by atoms with van der Waals surface area (Å²) < 4.78 is 5.47. The quantitative estimate of drug-likeness (QED) is 0.540. The van der Waals surface area contributed by atoms with Crippen LogP contribution in [0.5, 0.6) is 11.5 Å². The van der Waals surface area contributed by atoms with Crippen LogP contribution in [-0.4, -0.2) is 44.9 Å². The number of hydrogen-bond acceptors (Lipinski definition) is 5. The number of hydrogen-bond donors (Lipinski definition) is 3. The van der Waals surface area contributed by atoms with E-state index in [4.69, 9.17) is 4.74 Å². The summed E-state index contributed by atoms with van der Waals surface area (Å²) >= 11 is 0. The molecule has 1 aliphatic rings. The molecule has 1 amide bonds. The Labute approximate surface area is 179 Å². The van der Waals surface area contributed by atoms with E-state index in [1.807, 2.05) is 30.5 Å². The molecule has 1 aliphatic heterocycles. The lowest BCUT2D eigenvalue weighted by Crippen LogP contribution is -2.32. The van der Waals surface area contributed by atoms with Gasteiger partial charge in [-0.3, -0.25) is 9.59 Å². The summed E-state index contributed by atoms with van der Waals surface area (Å²) in [7, 11) is 0. The molecule has 3 aromatic rings. The van der Waals surface area contributed by atoms with E-state index in [9.17, 15) is 19.8 Å². The van der Waals surface area contributed by atoms with Crippen LogP contribution in [0, 0.1) is 0 Å². The lowest BCUT2D eigenvalue weighted by molar-refractivity contribution is -0.129. The number of carbonyl (C=O) groups is 2. The van der Waals surface area contributed by atoms with Gasteiger partial charge >= 0.3 is 0 Å². The molecule has 3 N–H and O–H groups in total. The van der Waals surface area contributed by atoms with Crippen molar-refractivity contribution < 1.29 is 24.5 Å². The minimum absolute atomic E-state index is 0.0298. The van der Waals surface area contributed by atoms with Crippen LogP contribution in [0.3, 0.4) is 0 Å². The van der Waals surface area contributed by atoms with E-state index in [1.54, 1.807) is 19.1 Å². The molecule has 7 heteroatoms. The highest BCUT2D eigenvalue weighted by Gasteiger charge is 2.42. The van der Waals surface area contributed by atoms with E-state index in [2.05, 4.69) is 4.98 Å². The second-order valence-electron chi connectivity index (χ2n) is 7.49. The molecule has 31 heavy (non-hydrogen) atoms. The van der Waals surface area contributed by atoms with Crippen LogP contribution in [0.15, 0.2) is 60.0 Å². The van der Waals surface area contributed by atoms with Crippen molar-refractivity contribution in [2.45, 2.75) is 26.3 Å². The highest BCUT2D eigenvalue weighted by atomic mass is 16.5. The molecule has 4 rings (SSSR count). The number of fused-ring (bicyclic) bond motifs is 1. The Morgan fingerprint density at radius 2 is 1.97 bits per heavy atom. The number of aliphatic hydroxyl groups excluding tert-OH is 1. The maximum atomic E-state index is 12.9. The summed E-state index contributed by atoms with van der Waals surface area (Å²) in [6, 6.07) is 11.9. The van der Waals surface area contributed by atoms with Crippen LogP contribution in [0.2, 0.25) is 0 Å². The number of para-hydroxylation sites is 1. The van der Waals surface area contributed by atoms with E-state index >= 15 is 0 Å². The molecule has 0 aliphatic carbocycles. The zero-order valence-electron chi connectivity index (χ0n) is 17.4. The van der Waals surface area contributed by atoms with Gasteiger partial charge in [0, 0.05) is 23.6 Å². The largest absolute Gasteiger partial charge is 0.504 e. The first kappa shape index (κ1) is 20.5. The summed E-state index contributed by atoms with van der Waals surface area (Å²) in [6.07, 6.45) is 2.45. The molecule has 160 valence electrons. The van der Waals surface area contributed by atoms with Gasteiger partial charge in [-0.25, -0.2) is 0 Å². The van der Waals surface area contributed by atoms with Crippen molar-refractivity contribution in [2.24, 2.45) is 0 Å². The summed E-state index contributed by atoms with van der Waals surface area (Å²) in [5.41, 5.74) is 2.69. The van der Waals surface area contributed by atoms with Crippen molar-refractivity contribution in [3.63, 3.8) is 0 Å². The maximum Gasteiger partial charge on any atom is 0.290 e. The lowest BCUT2D eigenvalue weighted by atomic mass is 9.96. The zero-order chi connectivity index (χ0) is 22.1. The van der Waals surface area contributed by atoms with Gasteiger partial charge < -0.3 is 24.8 Å². The molecule has 0 spiro atoms. The number of nitrogens with zero attached hydrogens (tertiary/aromatic N) is 1. The van der Waals surface area contributed by atoms with Crippen molar-refractivity contribution >= 4 is 22.6 Å². The summed E-state index contributed by atoms with van der Waals surface area (Å²) in [4.78, 5) is 29.9. The fraction of sp³-hybridized carbons (Fsp3) is 0.250. The van der Waals surface area contributed by atoms with Crippen LogP contribution >= 0.6 is 0 Å². The van der Waals surface area contributed by atoms with Gasteiger partial charge in [0.25, 0.3) is 5.91 Å². The summed E-state index contributed by atoms with van der Waals surface area (Å²) in [5.74, 6) is -1.25. The van der Waals surface area contributed by atoms with E-state index < -0.39 is 17.7 Å². The van der Waals surface area contributed by atoms with E-state index in [0.717, 1.165) is 16.5 Å². The molecule has 0 saturated carbocycles. The number of phenolic OH excluding ortho intramolecular Hbond substituents is 1. The number of aromatic hydroxyl groups is 1. The predicted molar refractivity (Wildman–Crippen MR) is 116 cm³/mol. The van der Waals surface area contributed by atoms with E-state index in [1.165, 1.54) is 17.9 Å². The number of phenols is 1. The average molecular weight is 420 g/mol. The molecule has 2 heterocycles. The normalized spacial score (nSPS) is 16.4. The number of rotatable bonds is 7. The number of amides is 1. The van der Waals surface area contributed by atoms with Crippen LogP contribution in [0.4, 0.5) is 0 Å². The van der Waals surface area contributed by atoms with Gasteiger partial charge in [0.2, 0.25) is 0 Å². The predicted octanol–water partition coefficient (Wildman–Crippen LogP) is 3.80. The first-order chi connectivity index (χ1) is 14.9. The first-order valence-electron chi connectivity index (χ1n) is 10.2. The van der Waals surface area contributed by atoms with Gasteiger partial charge in [0.1, 0.15) is 0 Å². The molecule has 2 aromatic carbocycles. The number of benzene rings is 2. The fourth-order valence-electron chi connectivity index (χ4n) is 4.14. The Morgan fingerprint density at radius 3 is 2.71 bits per heavy atom. The summed E-state index contributed by atoms with van der Waals surface area (Å²) in [6.45, 7) is 3.78. The van der Waals surface area contributed by atoms with Crippen molar-refractivity contribution in [1.82, 2.24) is 9.88 Å². The highest BCUT2D eigenvalue weighted by molar-refractivity contribution is 6.08. The lowest BCUT2D eigenvalue weighted by Gasteiger charge is -2.27. The minimum atomic E-state index is -0.755. The number of ketones is 1. The molecule has 1 atom stereocenters. The number of aliphatic hydroxyl groups is 1. The molecule has 0 fully saturated rings. The van der Waals surface area contributed by atoms with Gasteiger partial charge in [0.15, 0.2) is 23.0 Å². The molecule has 0 radical (unpaired) electrons. The monoisotopic (exact) mass is 420 g/mol. The highest BCUT2D eigenvalue weighted by Crippen LogP contribution is 2.40. The SMILES string of the molecule is CCOc1cc([C@H]2C(C(C)=O)=C(O)C(=O)N2CCc2c[nH]c3ccccc23)ccc1O. The third-order valence-electron chi connectivity index (χ3n) is 5.58. The fourth-order valence-corrected chi connectivity index (χ4v) is 4.14. The maximum absolute atomic E-state index is 12.9. The van der Waals surface area contributed by atoms with Gasteiger partial charge in [-0.15, -0.1) is 0 Å². The average Bonchev–Trinajstić information content (AvgIpc) is 3.27. The number of aromatic nitrogens is 1. The third-order valence-corrected chi connectivity index (χ3v) is 5.58. The molecule has 0 bridgehead atoms. The minimum Gasteiger partial charge on any atom is -0.504 e. The molecule has 0 saturated heterocycles. The molecular formula is C24H24N2O5. The molecule has 7 nitrogen and oxygen atoms in total. The van der Waals surface area contributed by atoms with Gasteiger partial charge in [-0.1, -0.05) is 24.3 Å². The number of Topliss-reactive ketones (excluding diaryl/α,β-unsaturated/α-hetero) is 1. The number of aromatic amines is 1. The number of carbonyl (C=O) groups excluding carboxylic acids is 2. The number of nitrogens with one attached hydrogen (secondary N) is 1. The number of H-pyrrole nitrogens is 1. The van der Waals surface area contributed by atoms with Gasteiger partial charge in [0.05, 0.1) is 18.2 Å². The Bertz CT molecular complexity index is 1190. The molecule has 0 unspecified atom stereocenters. The van der Waals surface area contributed by atoms with Crippen molar-refractivity contribution in [3.8, 4) is 11.5 Å². The van der Waals surface area contributed by atoms with Crippen LogP contribution < -0.4 is 4.74 Å². The zero-order valence-corrected chi connectivity index (χ0v) is 17.4. The van der Waals surface area contributed by atoms with Crippen molar-refractivity contribution in [1.29, 1.82) is 0 Å². The smallest absolute Gasteiger partial charge is 0.290 e. The van der Waals surface area contributed by atoms with Gasteiger partial charge in [-0.2, -0.15) is 0 Å². The van der Waals surface area contributed by atoms with Crippen molar-refractivity contribution in [2.75, 3.05) is 13.2 Å². The van der Waals surface area contributed by atoms with Crippen LogP contribution in [0.1, 0.15) is 31.0 Å². The second kappa shape index (κ2) is 8.18. The second-order valence-corrected chi connectivity index (χ2v) is 7.49. The van der Waals surface area contributed by atoms with Crippen LogP contribution in [-0.2, 0) is 16.0 Å². The molecule has 1 aromatic heterocycles. The van der Waals surface area contributed by atoms with Gasteiger partial charge in [-0.05, 0) is 49.6 Å².